The normalized spacial score (nSPS) is 20.9. The van der Waals surface area contributed by atoms with E-state index in [1.165, 1.54) is 4.90 Å². The first kappa shape index (κ1) is 23.3. The van der Waals surface area contributed by atoms with Gasteiger partial charge in [-0.2, -0.15) is 0 Å². The van der Waals surface area contributed by atoms with E-state index in [9.17, 15) is 9.59 Å². The van der Waals surface area contributed by atoms with Crippen LogP contribution in [0.5, 0.6) is 5.75 Å². The predicted octanol–water partition coefficient (Wildman–Crippen LogP) is 6.01. The number of halogens is 1. The zero-order valence-electron chi connectivity index (χ0n) is 20.5. The average Bonchev–Trinajstić information content (AvgIpc) is 2.79. The van der Waals surface area contributed by atoms with Crippen LogP contribution in [0.4, 0.5) is 9.18 Å². The molecule has 1 saturated heterocycles. The molecule has 1 aliphatic heterocycles. The molecule has 2 atom stereocenters. The summed E-state index contributed by atoms with van der Waals surface area (Å²) < 4.78 is 26.9. The number of ketones is 1. The number of fused-ring (bicyclic) bond motifs is 2. The summed E-state index contributed by atoms with van der Waals surface area (Å²) in [6.07, 6.45) is -1.55. The summed E-state index contributed by atoms with van der Waals surface area (Å²) in [6.45, 7) is 5.41. The monoisotopic (exact) mass is 475 g/mol. The molecule has 0 N–H and O–H groups in total. The van der Waals surface area contributed by atoms with Gasteiger partial charge in [-0.15, -0.1) is 0 Å². The quantitative estimate of drug-likeness (QED) is 0.466. The van der Waals surface area contributed by atoms with Gasteiger partial charge in [-0.05, 0) is 72.9 Å². The Morgan fingerprint density at radius 1 is 1.03 bits per heavy atom. The number of hydrogen-bond donors (Lipinski definition) is 0. The molecule has 1 fully saturated rings. The summed E-state index contributed by atoms with van der Waals surface area (Å²) in [5, 5.41) is 1.91. The third-order valence-corrected chi connectivity index (χ3v) is 7.09. The van der Waals surface area contributed by atoms with Gasteiger partial charge in [-0.3, -0.25) is 4.79 Å². The minimum atomic E-state index is -1.49. The maximum absolute atomic E-state index is 16.2. The number of alkyl halides is 1. The van der Waals surface area contributed by atoms with Crippen LogP contribution in [0.15, 0.2) is 60.7 Å². The van der Waals surface area contributed by atoms with Gasteiger partial charge in [0, 0.05) is 19.0 Å². The molecule has 0 bridgehead atoms. The molecule has 0 radical (unpaired) electrons. The number of likely N-dealkylation sites (tertiary alicyclic amines) is 1. The van der Waals surface area contributed by atoms with Crippen LogP contribution in [0.3, 0.4) is 0 Å². The molecule has 1 spiro atoms. The second kappa shape index (κ2) is 8.36. The maximum Gasteiger partial charge on any atom is 0.410 e. The van der Waals surface area contributed by atoms with Crippen molar-refractivity contribution in [1.82, 2.24) is 4.90 Å². The molecule has 182 valence electrons. The van der Waals surface area contributed by atoms with Crippen LogP contribution in [0.25, 0.3) is 10.8 Å². The van der Waals surface area contributed by atoms with Gasteiger partial charge in [0.2, 0.25) is 0 Å². The largest absolute Gasteiger partial charge is 0.497 e. The first-order valence-corrected chi connectivity index (χ1v) is 11.9. The van der Waals surface area contributed by atoms with Crippen molar-refractivity contribution in [3.05, 3.63) is 77.4 Å². The number of nitrogens with zero attached hydrogens (tertiary/aromatic N) is 1. The Hall–Kier alpha value is -3.41. The minimum Gasteiger partial charge on any atom is -0.497 e. The number of hydrogen-bond acceptors (Lipinski definition) is 4. The molecule has 1 aliphatic carbocycles. The van der Waals surface area contributed by atoms with Gasteiger partial charge in [-0.25, -0.2) is 9.18 Å². The standard InChI is InChI=1S/C29H30FNO4/c1-28(2,3)35-27(33)31-16-29(17-31)25(30)23-15-20-8-6-5-7-19(20)14-22(23)24(26(29)32)13-18-9-11-21(34-4)12-10-18/h5-12,14-15,24-25H,13,16-17H2,1-4H3. The minimum absolute atomic E-state index is 0.0211. The molecular formula is C29H30FNO4. The Bertz CT molecular complexity index is 1290. The van der Waals surface area contributed by atoms with Crippen LogP contribution in [0.1, 0.15) is 49.6 Å². The summed E-state index contributed by atoms with van der Waals surface area (Å²) in [5.41, 5.74) is 0.334. The summed E-state index contributed by atoms with van der Waals surface area (Å²) in [6, 6.07) is 19.2. The average molecular weight is 476 g/mol. The molecule has 0 saturated carbocycles. The Kier molecular flexibility index (Phi) is 5.58. The van der Waals surface area contributed by atoms with Crippen molar-refractivity contribution in [1.29, 1.82) is 0 Å². The van der Waals surface area contributed by atoms with Gasteiger partial charge in [0.05, 0.1) is 7.11 Å². The molecule has 0 aromatic heterocycles. The molecule has 6 heteroatoms. The molecule has 2 unspecified atom stereocenters. The van der Waals surface area contributed by atoms with Crippen LogP contribution in [-0.4, -0.2) is 42.6 Å². The van der Waals surface area contributed by atoms with Gasteiger partial charge in [0.1, 0.15) is 22.9 Å². The van der Waals surface area contributed by atoms with Crippen molar-refractivity contribution in [2.75, 3.05) is 20.2 Å². The first-order valence-electron chi connectivity index (χ1n) is 11.9. The van der Waals surface area contributed by atoms with Gasteiger partial charge >= 0.3 is 6.09 Å². The third kappa shape index (κ3) is 4.05. The zero-order valence-corrected chi connectivity index (χ0v) is 20.5. The fraction of sp³-hybridized carbons (Fsp3) is 0.379. The highest BCUT2D eigenvalue weighted by Crippen LogP contribution is 2.55. The molecule has 5 nitrogen and oxygen atoms in total. The molecule has 3 aromatic carbocycles. The van der Waals surface area contributed by atoms with Crippen molar-refractivity contribution < 1.29 is 23.5 Å². The van der Waals surface area contributed by atoms with Gasteiger partial charge in [-0.1, -0.05) is 42.5 Å². The SMILES string of the molecule is COc1ccc(CC2C(=O)C3(CN(C(=O)OC(C)(C)C)C3)C(F)c3cc4ccccc4cc32)cc1. The highest BCUT2D eigenvalue weighted by Gasteiger charge is 2.62. The first-order chi connectivity index (χ1) is 16.6. The van der Waals surface area contributed by atoms with E-state index < -0.39 is 29.2 Å². The number of carbonyl (C=O) groups is 2. The number of ether oxygens (including phenoxy) is 2. The molecule has 2 aliphatic rings. The number of Topliss-reactive ketones (excluding diaryl/α,β-unsaturated/α-hetero) is 1. The van der Waals surface area contributed by atoms with E-state index >= 15 is 4.39 Å². The molecule has 3 aromatic rings. The summed E-state index contributed by atoms with van der Waals surface area (Å²) in [5.74, 6) is 0.0848. The topological polar surface area (TPSA) is 55.8 Å². The van der Waals surface area contributed by atoms with E-state index in [1.807, 2.05) is 60.7 Å². The molecule has 1 heterocycles. The van der Waals surface area contributed by atoms with Crippen molar-refractivity contribution >= 4 is 22.6 Å². The molecule has 5 rings (SSSR count). The van der Waals surface area contributed by atoms with Crippen LogP contribution >= 0.6 is 0 Å². The van der Waals surface area contributed by atoms with E-state index in [1.54, 1.807) is 27.9 Å². The lowest BCUT2D eigenvalue weighted by Crippen LogP contribution is -2.66. The van der Waals surface area contributed by atoms with Gasteiger partial charge < -0.3 is 14.4 Å². The lowest BCUT2D eigenvalue weighted by molar-refractivity contribution is -0.150. The molecule has 35 heavy (non-hydrogen) atoms. The number of benzene rings is 3. The molecular weight excluding hydrogens is 445 g/mol. The Morgan fingerprint density at radius 2 is 1.63 bits per heavy atom. The Balaban J connectivity index is 1.53. The summed E-state index contributed by atoms with van der Waals surface area (Å²) >= 11 is 0. The number of rotatable bonds is 3. The number of amides is 1. The highest BCUT2D eigenvalue weighted by molar-refractivity contribution is 5.98. The lowest BCUT2D eigenvalue weighted by atomic mass is 9.60. The van der Waals surface area contributed by atoms with E-state index in [-0.39, 0.29) is 18.9 Å². The van der Waals surface area contributed by atoms with Crippen LogP contribution in [0, 0.1) is 5.41 Å². The maximum atomic E-state index is 16.2. The van der Waals surface area contributed by atoms with Crippen molar-refractivity contribution in [2.24, 2.45) is 5.41 Å². The fourth-order valence-electron chi connectivity index (χ4n) is 5.31. The van der Waals surface area contributed by atoms with Gasteiger partial charge in [0.25, 0.3) is 0 Å². The smallest absolute Gasteiger partial charge is 0.410 e. The third-order valence-electron chi connectivity index (χ3n) is 7.09. The zero-order chi connectivity index (χ0) is 25.0. The number of carbonyl (C=O) groups excluding carboxylic acids is 2. The van der Waals surface area contributed by atoms with E-state index in [2.05, 4.69) is 0 Å². The Labute approximate surface area is 204 Å². The van der Waals surface area contributed by atoms with E-state index in [0.717, 1.165) is 27.6 Å². The van der Waals surface area contributed by atoms with E-state index in [0.29, 0.717) is 12.0 Å². The van der Waals surface area contributed by atoms with Crippen molar-refractivity contribution in [2.45, 2.75) is 44.9 Å². The summed E-state index contributed by atoms with van der Waals surface area (Å²) in [4.78, 5) is 28.0. The fourth-order valence-corrected chi connectivity index (χ4v) is 5.31. The lowest BCUT2D eigenvalue weighted by Gasteiger charge is -2.53. The van der Waals surface area contributed by atoms with Crippen LogP contribution in [0.2, 0.25) is 0 Å². The van der Waals surface area contributed by atoms with E-state index in [4.69, 9.17) is 9.47 Å². The second-order valence-electron chi connectivity index (χ2n) is 10.7. The summed E-state index contributed by atoms with van der Waals surface area (Å²) in [7, 11) is 1.61. The highest BCUT2D eigenvalue weighted by atomic mass is 19.1. The van der Waals surface area contributed by atoms with Gasteiger partial charge in [0.15, 0.2) is 5.78 Å². The van der Waals surface area contributed by atoms with Crippen LogP contribution < -0.4 is 4.74 Å². The van der Waals surface area contributed by atoms with Crippen LogP contribution in [-0.2, 0) is 16.0 Å². The number of methoxy groups -OCH3 is 1. The predicted molar refractivity (Wildman–Crippen MR) is 132 cm³/mol. The second-order valence-corrected chi connectivity index (χ2v) is 10.7. The van der Waals surface area contributed by atoms with Crippen molar-refractivity contribution in [3.63, 3.8) is 0 Å². The Morgan fingerprint density at radius 3 is 2.20 bits per heavy atom. The van der Waals surface area contributed by atoms with Crippen molar-refractivity contribution in [3.8, 4) is 5.75 Å². The molecule has 1 amide bonds.